The first kappa shape index (κ1) is 26.7. The molecule has 6 nitrogen and oxygen atoms in total. The van der Waals surface area contributed by atoms with Crippen LogP contribution in [0.2, 0.25) is 0 Å². The lowest BCUT2D eigenvalue weighted by atomic mass is 9.91. The average molecular weight is 432 g/mol. The second-order valence-electron chi connectivity index (χ2n) is 7.97. The summed E-state index contributed by atoms with van der Waals surface area (Å²) in [6.07, 6.45) is 1.04. The lowest BCUT2D eigenvalue weighted by molar-refractivity contribution is 0.162. The molecule has 0 aliphatic carbocycles. The second kappa shape index (κ2) is 11.3. The van der Waals surface area contributed by atoms with E-state index in [9.17, 15) is 0 Å². The van der Waals surface area contributed by atoms with Crippen LogP contribution in [0.1, 0.15) is 59.1 Å². The average Bonchev–Trinajstić information content (AvgIpc) is 3.06. The van der Waals surface area contributed by atoms with Gasteiger partial charge < -0.3 is 14.2 Å². The Labute approximate surface area is 189 Å². The third-order valence-electron chi connectivity index (χ3n) is 5.90. The molecule has 2 aromatic rings. The molecule has 0 aromatic carbocycles. The fraction of sp³-hybridized carbons (Fsp3) is 0.600. The summed E-state index contributed by atoms with van der Waals surface area (Å²) in [7, 11) is 1.67. The third kappa shape index (κ3) is 5.88. The Kier molecular flexibility index (Phi) is 9.75. The molecule has 0 bridgehead atoms. The van der Waals surface area contributed by atoms with Gasteiger partial charge in [0.25, 0.3) is 5.88 Å². The number of aryl methyl sites for hydroxylation is 1. The van der Waals surface area contributed by atoms with Crippen molar-refractivity contribution < 1.29 is 14.2 Å². The summed E-state index contributed by atoms with van der Waals surface area (Å²) in [5.74, 6) is 3.30. The monoisotopic (exact) mass is 431 g/mol. The van der Waals surface area contributed by atoms with Crippen molar-refractivity contribution in [1.82, 2.24) is 14.9 Å². The van der Waals surface area contributed by atoms with E-state index >= 15 is 0 Å². The Balaban J connectivity index is 0.00000160. The van der Waals surface area contributed by atoms with Crippen molar-refractivity contribution in [2.45, 2.75) is 55.5 Å². The Morgan fingerprint density at radius 1 is 1.10 bits per heavy atom. The van der Waals surface area contributed by atoms with E-state index in [0.717, 1.165) is 36.6 Å². The molecule has 0 N–H and O–H groups in total. The molecule has 2 aliphatic heterocycles. The molecule has 3 atom stereocenters. The van der Waals surface area contributed by atoms with Crippen LogP contribution in [0.3, 0.4) is 0 Å². The Morgan fingerprint density at radius 2 is 1.84 bits per heavy atom. The van der Waals surface area contributed by atoms with E-state index in [1.54, 1.807) is 7.11 Å². The Morgan fingerprint density at radius 3 is 2.58 bits per heavy atom. The van der Waals surface area contributed by atoms with Gasteiger partial charge in [-0.25, -0.2) is 9.97 Å². The van der Waals surface area contributed by atoms with Crippen LogP contribution in [-0.2, 0) is 6.42 Å². The molecule has 4 heterocycles. The standard InChI is InChI=1S/C22H29N3O3.3CH4/c1-14-12-25(13-18(14)10-17-9-15(2)23-21(11-17)26-4)16(3)19-5-6-20-22(24-19)28-8-7-27-20;;;/h5-6,9,11,14,16,18H,7-8,10,12-13H2,1-4H3;3*1H4/t14-,16+,18-;;;/m0.../s1. The lowest BCUT2D eigenvalue weighted by Gasteiger charge is -2.25. The number of rotatable bonds is 5. The van der Waals surface area contributed by atoms with Gasteiger partial charge in [0.1, 0.15) is 13.2 Å². The minimum Gasteiger partial charge on any atom is -0.484 e. The first-order valence-electron chi connectivity index (χ1n) is 10.1. The number of ether oxygens (including phenoxy) is 3. The van der Waals surface area contributed by atoms with Crippen molar-refractivity contribution in [3.05, 3.63) is 41.2 Å². The minimum absolute atomic E-state index is 0. The third-order valence-corrected chi connectivity index (χ3v) is 5.90. The molecule has 6 heteroatoms. The van der Waals surface area contributed by atoms with Crippen LogP contribution in [-0.4, -0.2) is 48.3 Å². The lowest BCUT2D eigenvalue weighted by Crippen LogP contribution is -2.26. The maximum absolute atomic E-state index is 5.66. The summed E-state index contributed by atoms with van der Waals surface area (Å²) in [5.41, 5.74) is 3.34. The molecule has 2 aliphatic rings. The normalized spacial score (nSPS) is 20.6. The van der Waals surface area contributed by atoms with Crippen molar-refractivity contribution in [2.24, 2.45) is 11.8 Å². The summed E-state index contributed by atoms with van der Waals surface area (Å²) in [5, 5.41) is 0. The topological polar surface area (TPSA) is 56.7 Å². The van der Waals surface area contributed by atoms with E-state index in [4.69, 9.17) is 19.2 Å². The molecule has 31 heavy (non-hydrogen) atoms. The molecular weight excluding hydrogens is 390 g/mol. The van der Waals surface area contributed by atoms with Crippen LogP contribution in [0, 0.1) is 18.8 Å². The number of hydrogen-bond donors (Lipinski definition) is 0. The first-order chi connectivity index (χ1) is 13.5. The number of likely N-dealkylation sites (tertiary alicyclic amines) is 1. The van der Waals surface area contributed by atoms with Gasteiger partial charge >= 0.3 is 0 Å². The van der Waals surface area contributed by atoms with E-state index < -0.39 is 0 Å². The molecule has 1 fully saturated rings. The largest absolute Gasteiger partial charge is 0.484 e. The first-order valence-corrected chi connectivity index (χ1v) is 10.1. The summed E-state index contributed by atoms with van der Waals surface area (Å²) in [4.78, 5) is 11.6. The number of hydrogen-bond acceptors (Lipinski definition) is 6. The van der Waals surface area contributed by atoms with E-state index in [-0.39, 0.29) is 28.3 Å². The number of methoxy groups -OCH3 is 1. The highest BCUT2D eigenvalue weighted by atomic mass is 16.6. The summed E-state index contributed by atoms with van der Waals surface area (Å²) >= 11 is 0. The van der Waals surface area contributed by atoms with E-state index in [0.29, 0.717) is 36.8 Å². The van der Waals surface area contributed by atoms with Gasteiger partial charge in [-0.15, -0.1) is 0 Å². The van der Waals surface area contributed by atoms with Gasteiger partial charge in [-0.3, -0.25) is 4.90 Å². The molecule has 1 saturated heterocycles. The number of fused-ring (bicyclic) bond motifs is 1. The zero-order valence-corrected chi connectivity index (χ0v) is 17.1. The van der Waals surface area contributed by atoms with Crippen LogP contribution in [0.5, 0.6) is 17.5 Å². The van der Waals surface area contributed by atoms with Gasteiger partial charge in [0, 0.05) is 30.9 Å². The fourth-order valence-corrected chi connectivity index (χ4v) is 4.25. The highest BCUT2D eigenvalue weighted by Gasteiger charge is 2.33. The molecule has 0 unspecified atom stereocenters. The second-order valence-corrected chi connectivity index (χ2v) is 7.97. The molecule has 0 radical (unpaired) electrons. The van der Waals surface area contributed by atoms with Crippen LogP contribution < -0.4 is 14.2 Å². The maximum atomic E-state index is 5.66. The van der Waals surface area contributed by atoms with Crippen LogP contribution in [0.15, 0.2) is 24.3 Å². The maximum Gasteiger partial charge on any atom is 0.257 e. The van der Waals surface area contributed by atoms with Gasteiger partial charge in [-0.2, -0.15) is 0 Å². The Bertz CT molecular complexity index is 843. The zero-order chi connectivity index (χ0) is 19.7. The molecule has 4 rings (SSSR count). The van der Waals surface area contributed by atoms with Crippen molar-refractivity contribution in [2.75, 3.05) is 33.4 Å². The van der Waals surface area contributed by atoms with Gasteiger partial charge in [0.05, 0.1) is 12.8 Å². The summed E-state index contributed by atoms with van der Waals surface area (Å²) in [6.45, 7) is 9.88. The quantitative estimate of drug-likeness (QED) is 0.636. The van der Waals surface area contributed by atoms with Gasteiger partial charge in [0.15, 0.2) is 5.75 Å². The minimum atomic E-state index is 0. The Hall–Kier alpha value is -2.34. The zero-order valence-electron chi connectivity index (χ0n) is 17.1. The van der Waals surface area contributed by atoms with E-state index in [1.807, 2.05) is 13.0 Å². The predicted octanol–water partition coefficient (Wildman–Crippen LogP) is 5.34. The van der Waals surface area contributed by atoms with Crippen molar-refractivity contribution in [1.29, 1.82) is 0 Å². The van der Waals surface area contributed by atoms with Crippen molar-refractivity contribution >= 4 is 0 Å². The molecule has 174 valence electrons. The SMILES string of the molecule is C.C.C.COc1cc(C[C@H]2CN([C@H](C)c3ccc4c(n3)OCCO4)C[C@@H]2C)cc(C)n1. The molecule has 0 saturated carbocycles. The van der Waals surface area contributed by atoms with Crippen LogP contribution >= 0.6 is 0 Å². The molecule has 0 spiro atoms. The number of nitrogens with zero attached hydrogens (tertiary/aromatic N) is 3. The molecular formula is C25H41N3O3. The van der Waals surface area contributed by atoms with Crippen molar-refractivity contribution in [3.8, 4) is 17.5 Å². The van der Waals surface area contributed by atoms with Crippen LogP contribution in [0.25, 0.3) is 0 Å². The van der Waals surface area contributed by atoms with Gasteiger partial charge in [0.2, 0.25) is 5.88 Å². The highest BCUT2D eigenvalue weighted by Crippen LogP contribution is 2.35. The van der Waals surface area contributed by atoms with Crippen LogP contribution in [0.4, 0.5) is 0 Å². The summed E-state index contributed by atoms with van der Waals surface area (Å²) in [6, 6.07) is 8.53. The molecule has 0 amide bonds. The smallest absolute Gasteiger partial charge is 0.257 e. The van der Waals surface area contributed by atoms with Crippen molar-refractivity contribution in [3.63, 3.8) is 0 Å². The summed E-state index contributed by atoms with van der Waals surface area (Å²) < 4.78 is 16.6. The number of pyridine rings is 2. The number of aromatic nitrogens is 2. The predicted molar refractivity (Wildman–Crippen MR) is 127 cm³/mol. The van der Waals surface area contributed by atoms with E-state index in [1.165, 1.54) is 5.56 Å². The fourth-order valence-electron chi connectivity index (χ4n) is 4.25. The highest BCUT2D eigenvalue weighted by molar-refractivity contribution is 5.36. The van der Waals surface area contributed by atoms with Gasteiger partial charge in [-0.1, -0.05) is 29.2 Å². The van der Waals surface area contributed by atoms with E-state index in [2.05, 4.69) is 41.9 Å². The molecule has 2 aromatic heterocycles. The van der Waals surface area contributed by atoms with Gasteiger partial charge in [-0.05, 0) is 55.9 Å².